The summed E-state index contributed by atoms with van der Waals surface area (Å²) >= 11 is 0. The highest BCUT2D eigenvalue weighted by molar-refractivity contribution is 5.79. The molecule has 0 aromatic heterocycles. The zero-order valence-electron chi connectivity index (χ0n) is 14.1. The molecule has 0 saturated heterocycles. The number of amides is 1. The van der Waals surface area contributed by atoms with Crippen LogP contribution in [-0.2, 0) is 9.59 Å². The fourth-order valence-electron chi connectivity index (χ4n) is 3.13. The van der Waals surface area contributed by atoms with Crippen LogP contribution in [0.4, 0.5) is 0 Å². The van der Waals surface area contributed by atoms with Crippen molar-refractivity contribution >= 4 is 11.9 Å². The molecule has 1 fully saturated rings. The van der Waals surface area contributed by atoms with Crippen LogP contribution >= 0.6 is 0 Å². The van der Waals surface area contributed by atoms with Crippen molar-refractivity contribution in [3.8, 4) is 0 Å². The number of carboxylic acids is 1. The number of carboxylic acid groups (broad SMARTS) is 1. The maximum absolute atomic E-state index is 11.8. The third-order valence-corrected chi connectivity index (χ3v) is 4.80. The first kappa shape index (κ1) is 18.9. The van der Waals surface area contributed by atoms with Crippen molar-refractivity contribution in [3.63, 3.8) is 0 Å². The monoisotopic (exact) mass is 312 g/mol. The van der Waals surface area contributed by atoms with Gasteiger partial charge < -0.3 is 10.4 Å². The molecule has 5 heteroatoms. The van der Waals surface area contributed by atoms with E-state index in [2.05, 4.69) is 10.6 Å². The first-order valence-corrected chi connectivity index (χ1v) is 8.77. The average molecular weight is 312 g/mol. The van der Waals surface area contributed by atoms with Crippen molar-refractivity contribution in [2.24, 2.45) is 11.8 Å². The maximum Gasteiger partial charge on any atom is 0.320 e. The molecule has 5 nitrogen and oxygen atoms in total. The Morgan fingerprint density at radius 1 is 1.23 bits per heavy atom. The fourth-order valence-corrected chi connectivity index (χ4v) is 3.13. The van der Waals surface area contributed by atoms with E-state index in [1.807, 2.05) is 13.8 Å². The molecule has 0 radical (unpaired) electrons. The van der Waals surface area contributed by atoms with E-state index < -0.39 is 12.0 Å². The van der Waals surface area contributed by atoms with E-state index in [0.29, 0.717) is 6.54 Å². The maximum atomic E-state index is 11.8. The summed E-state index contributed by atoms with van der Waals surface area (Å²) in [6.07, 6.45) is 9.74. The Bertz CT molecular complexity index is 341. The van der Waals surface area contributed by atoms with E-state index in [1.54, 1.807) is 0 Å². The van der Waals surface area contributed by atoms with Crippen LogP contribution in [0.5, 0.6) is 0 Å². The lowest BCUT2D eigenvalue weighted by atomic mass is 9.86. The smallest absolute Gasteiger partial charge is 0.320 e. The number of rotatable bonds is 10. The van der Waals surface area contributed by atoms with Crippen molar-refractivity contribution in [3.05, 3.63) is 0 Å². The molecule has 0 bridgehead atoms. The van der Waals surface area contributed by atoms with Gasteiger partial charge in [0.05, 0.1) is 6.54 Å². The van der Waals surface area contributed by atoms with E-state index in [4.69, 9.17) is 5.11 Å². The molecule has 22 heavy (non-hydrogen) atoms. The SMILES string of the molecule is CC[C@H](C)[C@H](NCC(=O)NCCCC1CCCCC1)C(=O)O. The molecule has 1 rings (SSSR count). The Kier molecular flexibility index (Phi) is 9.13. The van der Waals surface area contributed by atoms with Crippen LogP contribution in [-0.4, -0.2) is 36.1 Å². The van der Waals surface area contributed by atoms with Gasteiger partial charge >= 0.3 is 5.97 Å². The molecule has 1 aliphatic rings. The van der Waals surface area contributed by atoms with Crippen molar-refractivity contribution in [1.29, 1.82) is 0 Å². The Balaban J connectivity index is 2.13. The highest BCUT2D eigenvalue weighted by atomic mass is 16.4. The van der Waals surface area contributed by atoms with Crippen LogP contribution in [0.2, 0.25) is 0 Å². The number of aliphatic carboxylic acids is 1. The van der Waals surface area contributed by atoms with Crippen LogP contribution in [0.3, 0.4) is 0 Å². The van der Waals surface area contributed by atoms with Gasteiger partial charge in [-0.2, -0.15) is 0 Å². The third-order valence-electron chi connectivity index (χ3n) is 4.80. The lowest BCUT2D eigenvalue weighted by Gasteiger charge is -2.21. The fraction of sp³-hybridized carbons (Fsp3) is 0.882. The van der Waals surface area contributed by atoms with Gasteiger partial charge in [-0.15, -0.1) is 0 Å². The zero-order chi connectivity index (χ0) is 16.4. The first-order chi connectivity index (χ1) is 10.5. The van der Waals surface area contributed by atoms with Crippen LogP contribution in [0, 0.1) is 11.8 Å². The Labute approximate surface area is 134 Å². The summed E-state index contributed by atoms with van der Waals surface area (Å²) in [6.45, 7) is 4.60. The predicted octanol–water partition coefficient (Wildman–Crippen LogP) is 2.55. The summed E-state index contributed by atoms with van der Waals surface area (Å²) < 4.78 is 0. The van der Waals surface area contributed by atoms with Gasteiger partial charge in [-0.3, -0.25) is 14.9 Å². The van der Waals surface area contributed by atoms with Gasteiger partial charge in [0.15, 0.2) is 0 Å². The van der Waals surface area contributed by atoms with Crippen LogP contribution in [0.1, 0.15) is 65.2 Å². The molecule has 1 saturated carbocycles. The second kappa shape index (κ2) is 10.6. The number of carbonyl (C=O) groups excluding carboxylic acids is 1. The predicted molar refractivity (Wildman–Crippen MR) is 87.7 cm³/mol. The van der Waals surface area contributed by atoms with Crippen molar-refractivity contribution in [1.82, 2.24) is 10.6 Å². The molecule has 0 heterocycles. The molecule has 1 aliphatic carbocycles. The van der Waals surface area contributed by atoms with Crippen molar-refractivity contribution in [2.75, 3.05) is 13.1 Å². The second-order valence-corrected chi connectivity index (χ2v) is 6.58. The molecule has 0 aromatic carbocycles. The van der Waals surface area contributed by atoms with Crippen molar-refractivity contribution in [2.45, 2.75) is 71.3 Å². The Hall–Kier alpha value is -1.10. The summed E-state index contributed by atoms with van der Waals surface area (Å²) in [5, 5.41) is 14.9. The second-order valence-electron chi connectivity index (χ2n) is 6.58. The average Bonchev–Trinajstić information content (AvgIpc) is 2.52. The minimum Gasteiger partial charge on any atom is -0.480 e. The van der Waals surface area contributed by atoms with Crippen LogP contribution < -0.4 is 10.6 Å². The molecular formula is C17H32N2O3. The van der Waals surface area contributed by atoms with E-state index in [1.165, 1.54) is 38.5 Å². The molecule has 2 atom stereocenters. The van der Waals surface area contributed by atoms with E-state index >= 15 is 0 Å². The number of carbonyl (C=O) groups is 2. The minimum atomic E-state index is -0.889. The first-order valence-electron chi connectivity index (χ1n) is 8.77. The molecule has 3 N–H and O–H groups in total. The molecule has 1 amide bonds. The highest BCUT2D eigenvalue weighted by Gasteiger charge is 2.23. The van der Waals surface area contributed by atoms with Gasteiger partial charge in [0.2, 0.25) is 5.91 Å². The summed E-state index contributed by atoms with van der Waals surface area (Å²) in [5.41, 5.74) is 0. The molecule has 0 aliphatic heterocycles. The van der Waals surface area contributed by atoms with Gasteiger partial charge in [-0.05, 0) is 24.7 Å². The lowest BCUT2D eigenvalue weighted by Crippen LogP contribution is -2.46. The summed E-state index contributed by atoms with van der Waals surface area (Å²) in [7, 11) is 0. The van der Waals surface area contributed by atoms with E-state index in [0.717, 1.165) is 18.8 Å². The minimum absolute atomic E-state index is 0.0107. The largest absolute Gasteiger partial charge is 0.480 e. The van der Waals surface area contributed by atoms with E-state index in [9.17, 15) is 9.59 Å². The molecule has 0 unspecified atom stereocenters. The Morgan fingerprint density at radius 2 is 1.91 bits per heavy atom. The summed E-state index contributed by atoms with van der Waals surface area (Å²) in [5.74, 6) is -0.153. The number of nitrogens with one attached hydrogen (secondary N) is 2. The van der Waals surface area contributed by atoms with Crippen molar-refractivity contribution < 1.29 is 14.7 Å². The van der Waals surface area contributed by atoms with Crippen LogP contribution in [0.25, 0.3) is 0 Å². The molecule has 128 valence electrons. The number of hydrogen-bond donors (Lipinski definition) is 3. The molecule has 0 aromatic rings. The quantitative estimate of drug-likeness (QED) is 0.542. The zero-order valence-corrected chi connectivity index (χ0v) is 14.1. The normalized spacial score (nSPS) is 18.6. The summed E-state index contributed by atoms with van der Waals surface area (Å²) in [4.78, 5) is 22.9. The van der Waals surface area contributed by atoms with Gasteiger partial charge in [0.1, 0.15) is 6.04 Å². The topological polar surface area (TPSA) is 78.4 Å². The lowest BCUT2D eigenvalue weighted by molar-refractivity contribution is -0.140. The highest BCUT2D eigenvalue weighted by Crippen LogP contribution is 2.26. The van der Waals surface area contributed by atoms with Gasteiger partial charge in [0.25, 0.3) is 0 Å². The Morgan fingerprint density at radius 3 is 2.50 bits per heavy atom. The molecular weight excluding hydrogens is 280 g/mol. The van der Waals surface area contributed by atoms with Gasteiger partial charge in [-0.25, -0.2) is 0 Å². The third kappa shape index (κ3) is 7.25. The van der Waals surface area contributed by atoms with Gasteiger partial charge in [0, 0.05) is 6.54 Å². The molecule has 0 spiro atoms. The number of hydrogen-bond acceptors (Lipinski definition) is 3. The van der Waals surface area contributed by atoms with Gasteiger partial charge in [-0.1, -0.05) is 52.4 Å². The van der Waals surface area contributed by atoms with Crippen LogP contribution in [0.15, 0.2) is 0 Å². The summed E-state index contributed by atoms with van der Waals surface area (Å²) in [6, 6.07) is -0.655. The standard InChI is InChI=1S/C17H32N2O3/c1-3-13(2)16(17(21)22)19-12-15(20)18-11-7-10-14-8-5-4-6-9-14/h13-14,16,19H,3-12H2,1-2H3,(H,18,20)(H,21,22)/t13-,16-/m0/s1. The van der Waals surface area contributed by atoms with E-state index in [-0.39, 0.29) is 18.4 Å².